The number of hydrogen-bond donors (Lipinski definition) is 0. The highest BCUT2D eigenvalue weighted by Gasteiger charge is 2.44. The van der Waals surface area contributed by atoms with Crippen LogP contribution in [0.25, 0.3) is 39.2 Å². The number of nitrogens with zero attached hydrogens (tertiary/aromatic N) is 6. The largest absolute Gasteiger partial charge is 0.461 e. The van der Waals surface area contributed by atoms with E-state index in [4.69, 9.17) is 0 Å². The smallest absolute Gasteiger partial charge is 0.428 e. The van der Waals surface area contributed by atoms with Crippen LogP contribution in [0.4, 0.5) is 30.7 Å². The fourth-order valence-electron chi connectivity index (χ4n) is 4.00. The summed E-state index contributed by atoms with van der Waals surface area (Å²) in [5.74, 6) is -0.897. The number of aryl methyl sites for hydroxylation is 1. The fourth-order valence-corrected chi connectivity index (χ4v) is 4.98. The number of halogens is 7. The van der Waals surface area contributed by atoms with E-state index in [2.05, 4.69) is 24.8 Å². The lowest BCUT2D eigenvalue weighted by Crippen LogP contribution is -2.33. The Morgan fingerprint density at radius 3 is 2.29 bits per heavy atom. The number of sulfone groups is 1. The number of rotatable bonds is 7. The summed E-state index contributed by atoms with van der Waals surface area (Å²) >= 11 is 0. The first kappa shape index (κ1) is 28.3. The number of pyridine rings is 1. The monoisotopic (exact) mass is 602 g/mol. The van der Waals surface area contributed by atoms with Crippen LogP contribution in [0.15, 0.2) is 53.9 Å². The lowest BCUT2D eigenvalue weighted by Gasteiger charge is -2.16. The summed E-state index contributed by atoms with van der Waals surface area (Å²) in [5.41, 5.74) is -0.388. The molecule has 4 aromatic heterocycles. The van der Waals surface area contributed by atoms with Crippen molar-refractivity contribution >= 4 is 26.5 Å². The third-order valence-electron chi connectivity index (χ3n) is 6.09. The van der Waals surface area contributed by atoms with E-state index in [-0.39, 0.29) is 33.8 Å². The first-order valence-corrected chi connectivity index (χ1v) is 13.2. The van der Waals surface area contributed by atoms with Crippen LogP contribution in [-0.4, -0.2) is 55.8 Å². The van der Waals surface area contributed by atoms with Crippen molar-refractivity contribution in [3.63, 3.8) is 0 Å². The van der Waals surface area contributed by atoms with Crippen LogP contribution in [0, 0.1) is 0 Å². The van der Waals surface area contributed by atoms with Crippen molar-refractivity contribution in [3.05, 3.63) is 54.6 Å². The van der Waals surface area contributed by atoms with E-state index < -0.39 is 45.0 Å². The fraction of sp³-hybridized carbons (Fsp3) is 0.250. The molecule has 9 nitrogen and oxygen atoms in total. The predicted octanol–water partition coefficient (Wildman–Crippen LogP) is 5.39. The summed E-state index contributed by atoms with van der Waals surface area (Å²) in [6.45, 7) is 1.39. The lowest BCUT2D eigenvalue weighted by molar-refractivity contribution is -0.253. The van der Waals surface area contributed by atoms with Crippen LogP contribution in [0.5, 0.6) is 5.75 Å². The molecular formula is C24H17F7N6O3S. The van der Waals surface area contributed by atoms with E-state index in [0.717, 1.165) is 28.9 Å². The molecule has 0 atom stereocenters. The summed E-state index contributed by atoms with van der Waals surface area (Å²) < 4.78 is 123. The zero-order valence-corrected chi connectivity index (χ0v) is 21.7. The molecule has 0 amide bonds. The molecule has 0 radical (unpaired) electrons. The molecule has 0 saturated heterocycles. The summed E-state index contributed by atoms with van der Waals surface area (Å²) in [4.78, 5) is 12.0. The molecule has 0 unspecified atom stereocenters. The second-order valence-corrected chi connectivity index (χ2v) is 10.9. The number of fused-ring (bicyclic) bond motifs is 2. The molecule has 216 valence electrons. The number of alkyl halides is 7. The van der Waals surface area contributed by atoms with E-state index in [9.17, 15) is 39.2 Å². The first-order chi connectivity index (χ1) is 19.1. The molecular weight excluding hydrogens is 585 g/mol. The molecule has 1 aromatic carbocycles. The third-order valence-corrected chi connectivity index (χ3v) is 7.73. The number of imidazole rings is 1. The maximum absolute atomic E-state index is 13.2. The topological polar surface area (TPSA) is 104 Å². The van der Waals surface area contributed by atoms with Gasteiger partial charge in [-0.25, -0.2) is 27.9 Å². The highest BCUT2D eigenvalue weighted by Crippen LogP contribution is 2.35. The molecule has 0 fully saturated rings. The van der Waals surface area contributed by atoms with Crippen LogP contribution in [-0.2, 0) is 23.1 Å². The average Bonchev–Trinajstić information content (AvgIpc) is 3.45. The van der Waals surface area contributed by atoms with Crippen molar-refractivity contribution < 1.29 is 43.9 Å². The summed E-state index contributed by atoms with van der Waals surface area (Å²) in [5, 5.41) is 3.77. The minimum atomic E-state index is -4.72. The summed E-state index contributed by atoms with van der Waals surface area (Å²) in [6, 6.07) is 5.42. The van der Waals surface area contributed by atoms with Gasteiger partial charge in [0.05, 0.1) is 23.0 Å². The van der Waals surface area contributed by atoms with E-state index in [1.54, 1.807) is 0 Å². The summed E-state index contributed by atoms with van der Waals surface area (Å²) in [6.07, 6.45) is -9.76. The molecule has 0 saturated carbocycles. The van der Waals surface area contributed by atoms with Crippen molar-refractivity contribution in [2.75, 3.05) is 5.75 Å². The Labute approximate surface area is 226 Å². The summed E-state index contributed by atoms with van der Waals surface area (Å²) in [7, 11) is -2.53. The highest BCUT2D eigenvalue weighted by molar-refractivity contribution is 7.91. The van der Waals surface area contributed by atoms with Crippen molar-refractivity contribution in [2.45, 2.75) is 30.7 Å². The molecule has 0 N–H and O–H groups in total. The molecule has 0 spiro atoms. The Hall–Kier alpha value is -4.28. The number of aromatic nitrogens is 6. The van der Waals surface area contributed by atoms with Gasteiger partial charge in [0.15, 0.2) is 20.5 Å². The van der Waals surface area contributed by atoms with Gasteiger partial charge in [-0.3, -0.25) is 0 Å². The SMILES string of the molecule is CCS(=O)(=O)c1nn2cc(-c3ccc(OC(F)(F)C(F)F)cc3)cnc2c1-c1nc2cc(C(F)(F)F)ncc2n1C. The molecule has 0 aliphatic heterocycles. The van der Waals surface area contributed by atoms with Crippen LogP contribution in [0.2, 0.25) is 0 Å². The van der Waals surface area contributed by atoms with Gasteiger partial charge in [-0.05, 0) is 23.8 Å². The molecule has 41 heavy (non-hydrogen) atoms. The van der Waals surface area contributed by atoms with Crippen LogP contribution in [0.3, 0.4) is 0 Å². The number of hydrogen-bond acceptors (Lipinski definition) is 7. The molecule has 4 heterocycles. The van der Waals surface area contributed by atoms with E-state index in [0.29, 0.717) is 11.1 Å². The Morgan fingerprint density at radius 1 is 1.00 bits per heavy atom. The van der Waals surface area contributed by atoms with Crippen molar-refractivity contribution in [2.24, 2.45) is 7.05 Å². The van der Waals surface area contributed by atoms with Gasteiger partial charge < -0.3 is 9.30 Å². The van der Waals surface area contributed by atoms with Crippen molar-refractivity contribution in [1.82, 2.24) is 29.1 Å². The van der Waals surface area contributed by atoms with Crippen LogP contribution in [0.1, 0.15) is 12.6 Å². The van der Waals surface area contributed by atoms with Gasteiger partial charge >= 0.3 is 18.7 Å². The van der Waals surface area contributed by atoms with Crippen LogP contribution < -0.4 is 4.74 Å². The van der Waals surface area contributed by atoms with Gasteiger partial charge in [0, 0.05) is 25.0 Å². The van der Waals surface area contributed by atoms with E-state index in [1.807, 2.05) is 0 Å². The highest BCUT2D eigenvalue weighted by atomic mass is 32.2. The molecule has 17 heteroatoms. The van der Waals surface area contributed by atoms with Gasteiger partial charge in [-0.2, -0.15) is 35.8 Å². The molecule has 5 aromatic rings. The zero-order valence-electron chi connectivity index (χ0n) is 20.9. The standard InChI is InChI=1S/C24H17F7N6O3S/c1-3-41(38,39)21-18(20-34-15-8-17(23(27,28)29)32-10-16(15)36(20)2)19-33-9-13(11-37(19)35-21)12-4-6-14(7-5-12)40-24(30,31)22(25)26/h4-11,22H,3H2,1-2H3. The Bertz CT molecular complexity index is 1880. The Kier molecular flexibility index (Phi) is 6.67. The second kappa shape index (κ2) is 9.67. The van der Waals surface area contributed by atoms with Gasteiger partial charge in [-0.1, -0.05) is 19.1 Å². The minimum absolute atomic E-state index is 0.0136. The molecule has 0 bridgehead atoms. The van der Waals surface area contributed by atoms with Gasteiger partial charge in [0.25, 0.3) is 0 Å². The quantitative estimate of drug-likeness (QED) is 0.230. The molecule has 5 rings (SSSR count). The second-order valence-electron chi connectivity index (χ2n) is 8.73. The van der Waals surface area contributed by atoms with Crippen LogP contribution >= 0.6 is 0 Å². The molecule has 0 aliphatic carbocycles. The third kappa shape index (κ3) is 5.05. The maximum atomic E-state index is 13.2. The van der Waals surface area contributed by atoms with E-state index in [1.165, 1.54) is 43.1 Å². The van der Waals surface area contributed by atoms with Crippen molar-refractivity contribution in [3.8, 4) is 28.3 Å². The van der Waals surface area contributed by atoms with Gasteiger partial charge in [0.2, 0.25) is 0 Å². The first-order valence-electron chi connectivity index (χ1n) is 11.6. The van der Waals surface area contributed by atoms with Gasteiger partial charge in [-0.15, -0.1) is 0 Å². The zero-order chi connectivity index (χ0) is 29.9. The van der Waals surface area contributed by atoms with Gasteiger partial charge in [0.1, 0.15) is 22.8 Å². The Balaban J connectivity index is 1.63. The lowest BCUT2D eigenvalue weighted by atomic mass is 10.1. The average molecular weight is 602 g/mol. The maximum Gasteiger partial charge on any atom is 0.461 e. The molecule has 0 aliphatic rings. The Morgan fingerprint density at radius 2 is 1.68 bits per heavy atom. The predicted molar refractivity (Wildman–Crippen MR) is 130 cm³/mol. The number of benzene rings is 1. The normalized spacial score (nSPS) is 13.0. The van der Waals surface area contributed by atoms with E-state index >= 15 is 0 Å². The van der Waals surface area contributed by atoms with Crippen molar-refractivity contribution in [1.29, 1.82) is 0 Å². The number of ether oxygens (including phenoxy) is 1. The minimum Gasteiger partial charge on any atom is -0.428 e.